The van der Waals surface area contributed by atoms with Crippen molar-refractivity contribution in [1.29, 1.82) is 0 Å². The van der Waals surface area contributed by atoms with Crippen LogP contribution in [0.5, 0.6) is 0 Å². The highest BCUT2D eigenvalue weighted by molar-refractivity contribution is 6.24. The molecule has 11 aromatic rings. The van der Waals surface area contributed by atoms with Crippen molar-refractivity contribution in [3.8, 4) is 55.6 Å². The Balaban J connectivity index is 1.28. The van der Waals surface area contributed by atoms with Crippen molar-refractivity contribution in [1.82, 2.24) is 0 Å². The molecule has 0 aliphatic rings. The summed E-state index contributed by atoms with van der Waals surface area (Å²) in [5.41, 5.74) is 12.3. The van der Waals surface area contributed by atoms with Crippen molar-refractivity contribution in [3.05, 3.63) is 218 Å². The van der Waals surface area contributed by atoms with Gasteiger partial charge < -0.3 is 0 Å². The molecular formula is C56H36. The second-order valence-corrected chi connectivity index (χ2v) is 14.8. The van der Waals surface area contributed by atoms with Crippen molar-refractivity contribution in [3.63, 3.8) is 0 Å². The predicted molar refractivity (Wildman–Crippen MR) is 241 cm³/mol. The van der Waals surface area contributed by atoms with Crippen LogP contribution in [-0.2, 0) is 0 Å². The fourth-order valence-corrected chi connectivity index (χ4v) is 9.07. The SMILES string of the molecule is c1ccc(-c2cc(-c3cccc4ccccc34)cc(-c3c4ccccc4c(-c4cccc5ccccc45)c4cc(-c5cccc6ccccc56)ccc34)c2)cc1. The fraction of sp³-hybridized carbons (Fsp3) is 0. The molecule has 0 aliphatic carbocycles. The molecule has 0 saturated heterocycles. The van der Waals surface area contributed by atoms with Gasteiger partial charge in [0.2, 0.25) is 0 Å². The van der Waals surface area contributed by atoms with Crippen LogP contribution in [0.2, 0.25) is 0 Å². The molecule has 0 nitrogen and oxygen atoms in total. The highest BCUT2D eigenvalue weighted by Gasteiger charge is 2.20. The molecule has 0 unspecified atom stereocenters. The minimum absolute atomic E-state index is 1.20. The zero-order valence-corrected chi connectivity index (χ0v) is 30.8. The average Bonchev–Trinajstić information content (AvgIpc) is 3.27. The van der Waals surface area contributed by atoms with Crippen LogP contribution in [0.25, 0.3) is 109 Å². The molecule has 0 N–H and O–H groups in total. The summed E-state index contributed by atoms with van der Waals surface area (Å²) in [6.07, 6.45) is 0. The maximum atomic E-state index is 2.46. The van der Waals surface area contributed by atoms with E-state index >= 15 is 0 Å². The molecule has 0 spiro atoms. The minimum Gasteiger partial charge on any atom is -0.0622 e. The van der Waals surface area contributed by atoms with E-state index in [0.29, 0.717) is 0 Å². The summed E-state index contributed by atoms with van der Waals surface area (Å²) in [5.74, 6) is 0. The maximum absolute atomic E-state index is 2.46. The molecule has 56 heavy (non-hydrogen) atoms. The lowest BCUT2D eigenvalue weighted by atomic mass is 9.82. The Kier molecular flexibility index (Phi) is 7.60. The third-order valence-corrected chi connectivity index (χ3v) is 11.6. The summed E-state index contributed by atoms with van der Waals surface area (Å²) < 4.78 is 0. The van der Waals surface area contributed by atoms with Gasteiger partial charge in [0.25, 0.3) is 0 Å². The van der Waals surface area contributed by atoms with Gasteiger partial charge in [0, 0.05) is 0 Å². The molecule has 11 aromatic carbocycles. The number of hydrogen-bond acceptors (Lipinski definition) is 0. The number of benzene rings is 11. The van der Waals surface area contributed by atoms with E-state index < -0.39 is 0 Å². The maximum Gasteiger partial charge on any atom is -0.00199 e. The third kappa shape index (κ3) is 5.30. The summed E-state index contributed by atoms with van der Waals surface area (Å²) >= 11 is 0. The van der Waals surface area contributed by atoms with E-state index in [1.165, 1.54) is 109 Å². The van der Waals surface area contributed by atoms with Gasteiger partial charge in [0.1, 0.15) is 0 Å². The van der Waals surface area contributed by atoms with Crippen LogP contribution in [0.4, 0.5) is 0 Å². The number of hydrogen-bond donors (Lipinski definition) is 0. The molecule has 11 rings (SSSR count). The number of rotatable bonds is 5. The Labute approximate surface area is 326 Å². The zero-order chi connectivity index (χ0) is 37.0. The van der Waals surface area contributed by atoms with Crippen LogP contribution in [0, 0.1) is 0 Å². The van der Waals surface area contributed by atoms with Crippen molar-refractivity contribution in [2.75, 3.05) is 0 Å². The monoisotopic (exact) mass is 708 g/mol. The lowest BCUT2D eigenvalue weighted by Crippen LogP contribution is -1.94. The van der Waals surface area contributed by atoms with Crippen molar-refractivity contribution in [2.45, 2.75) is 0 Å². The predicted octanol–water partition coefficient (Wildman–Crippen LogP) is 15.8. The van der Waals surface area contributed by atoms with Crippen LogP contribution in [0.3, 0.4) is 0 Å². The van der Waals surface area contributed by atoms with Gasteiger partial charge in [0.05, 0.1) is 0 Å². The van der Waals surface area contributed by atoms with Crippen molar-refractivity contribution < 1.29 is 0 Å². The topological polar surface area (TPSA) is 0 Å². The first kappa shape index (κ1) is 32.2. The fourth-order valence-electron chi connectivity index (χ4n) is 9.07. The second kappa shape index (κ2) is 13.2. The Bertz CT molecular complexity index is 3280. The highest BCUT2D eigenvalue weighted by atomic mass is 14.2. The first-order valence-electron chi connectivity index (χ1n) is 19.4. The molecule has 0 aromatic heterocycles. The Morgan fingerprint density at radius 1 is 0.179 bits per heavy atom. The smallest absolute Gasteiger partial charge is 0.00199 e. The van der Waals surface area contributed by atoms with E-state index in [-0.39, 0.29) is 0 Å². The Morgan fingerprint density at radius 2 is 0.607 bits per heavy atom. The van der Waals surface area contributed by atoms with Crippen LogP contribution >= 0.6 is 0 Å². The van der Waals surface area contributed by atoms with Crippen LogP contribution in [-0.4, -0.2) is 0 Å². The quantitative estimate of drug-likeness (QED) is 0.156. The summed E-state index contributed by atoms with van der Waals surface area (Å²) in [5, 5.41) is 12.5. The van der Waals surface area contributed by atoms with E-state index in [1.54, 1.807) is 0 Å². The summed E-state index contributed by atoms with van der Waals surface area (Å²) in [7, 11) is 0. The molecule has 0 aliphatic heterocycles. The molecule has 260 valence electrons. The summed E-state index contributed by atoms with van der Waals surface area (Å²) in [6.45, 7) is 0. The molecule has 0 saturated carbocycles. The average molecular weight is 709 g/mol. The van der Waals surface area contributed by atoms with E-state index in [0.717, 1.165) is 0 Å². The van der Waals surface area contributed by atoms with Crippen LogP contribution < -0.4 is 0 Å². The van der Waals surface area contributed by atoms with Crippen molar-refractivity contribution >= 4 is 53.9 Å². The molecule has 0 radical (unpaired) electrons. The zero-order valence-electron chi connectivity index (χ0n) is 30.8. The van der Waals surface area contributed by atoms with Crippen LogP contribution in [0.15, 0.2) is 218 Å². The van der Waals surface area contributed by atoms with E-state index in [9.17, 15) is 0 Å². The Hall–Kier alpha value is -7.28. The van der Waals surface area contributed by atoms with Gasteiger partial charge in [-0.25, -0.2) is 0 Å². The van der Waals surface area contributed by atoms with Gasteiger partial charge >= 0.3 is 0 Å². The van der Waals surface area contributed by atoms with Gasteiger partial charge in [-0.05, 0) is 134 Å². The lowest BCUT2D eigenvalue weighted by molar-refractivity contribution is 1.59. The normalized spacial score (nSPS) is 11.6. The van der Waals surface area contributed by atoms with Gasteiger partial charge in [0.15, 0.2) is 0 Å². The molecule has 0 amide bonds. The third-order valence-electron chi connectivity index (χ3n) is 11.6. The highest BCUT2D eigenvalue weighted by Crippen LogP contribution is 2.48. The molecular weight excluding hydrogens is 673 g/mol. The molecule has 0 atom stereocenters. The van der Waals surface area contributed by atoms with Gasteiger partial charge in [-0.1, -0.05) is 194 Å². The largest absolute Gasteiger partial charge is 0.0622 e. The Morgan fingerprint density at radius 3 is 1.23 bits per heavy atom. The van der Waals surface area contributed by atoms with Crippen molar-refractivity contribution in [2.24, 2.45) is 0 Å². The lowest BCUT2D eigenvalue weighted by Gasteiger charge is -2.21. The minimum atomic E-state index is 1.20. The van der Waals surface area contributed by atoms with Gasteiger partial charge in [-0.15, -0.1) is 0 Å². The van der Waals surface area contributed by atoms with E-state index in [4.69, 9.17) is 0 Å². The number of fused-ring (bicyclic) bond motifs is 5. The summed E-state index contributed by atoms with van der Waals surface area (Å²) in [6, 6.07) is 80.6. The molecule has 0 fully saturated rings. The van der Waals surface area contributed by atoms with E-state index in [1.807, 2.05) is 0 Å². The molecule has 0 bridgehead atoms. The molecule has 0 heteroatoms. The molecule has 0 heterocycles. The van der Waals surface area contributed by atoms with Gasteiger partial charge in [-0.3, -0.25) is 0 Å². The van der Waals surface area contributed by atoms with Crippen LogP contribution in [0.1, 0.15) is 0 Å². The van der Waals surface area contributed by atoms with E-state index in [2.05, 4.69) is 218 Å². The standard InChI is InChI=1S/C56H36/c1-2-15-37(16-3-1)42-33-43(49-29-13-21-39-18-5-8-24-46(39)49)35-44(34-42)55-51-26-10-11-27-52(51)56(50-30-14-22-40-19-6-9-25-47(40)50)54-36-41(31-32-53(54)55)48-28-12-20-38-17-4-7-23-45(38)48/h1-36H. The first-order valence-corrected chi connectivity index (χ1v) is 19.4. The van der Waals surface area contributed by atoms with Gasteiger partial charge in [-0.2, -0.15) is 0 Å². The first-order chi connectivity index (χ1) is 27.8. The second-order valence-electron chi connectivity index (χ2n) is 14.8. The summed E-state index contributed by atoms with van der Waals surface area (Å²) in [4.78, 5) is 0.